The molecule has 0 radical (unpaired) electrons. The first kappa shape index (κ1) is 19.5. The van der Waals surface area contributed by atoms with E-state index in [9.17, 15) is 13.2 Å². The maximum atomic E-state index is 12.7. The maximum absolute atomic E-state index is 12.7. The highest BCUT2D eigenvalue weighted by Crippen LogP contribution is 2.25. The quantitative estimate of drug-likeness (QED) is 0.578. The molecule has 146 valence electrons. The van der Waals surface area contributed by atoms with E-state index < -0.39 is 16.0 Å². The molecule has 1 aromatic carbocycles. The Kier molecular flexibility index (Phi) is 5.66. The van der Waals surface area contributed by atoms with Gasteiger partial charge in [-0.3, -0.25) is 4.98 Å². The molecule has 0 fully saturated rings. The largest absolute Gasteiger partial charge is 0.495 e. The summed E-state index contributed by atoms with van der Waals surface area (Å²) in [5.41, 5.74) is 1.18. The van der Waals surface area contributed by atoms with Crippen molar-refractivity contribution in [3.05, 3.63) is 60.2 Å². The van der Waals surface area contributed by atoms with Gasteiger partial charge in [0.25, 0.3) is 0 Å². The predicted molar refractivity (Wildman–Crippen MR) is 97.5 cm³/mol. The van der Waals surface area contributed by atoms with E-state index in [4.69, 9.17) is 4.74 Å². The zero-order chi connectivity index (χ0) is 20.1. The van der Waals surface area contributed by atoms with Crippen molar-refractivity contribution in [2.24, 2.45) is 0 Å². The molecule has 28 heavy (non-hydrogen) atoms. The van der Waals surface area contributed by atoms with Crippen molar-refractivity contribution in [1.29, 1.82) is 0 Å². The van der Waals surface area contributed by atoms with Crippen LogP contribution in [0.4, 0.5) is 0 Å². The van der Waals surface area contributed by atoms with Crippen molar-refractivity contribution in [1.82, 2.24) is 24.7 Å². The molecule has 0 saturated heterocycles. The fourth-order valence-electron chi connectivity index (χ4n) is 2.37. The molecular formula is C17H17N5O5S. The Morgan fingerprint density at radius 3 is 2.75 bits per heavy atom. The molecule has 0 spiro atoms. The summed E-state index contributed by atoms with van der Waals surface area (Å²) < 4.78 is 39.1. The molecule has 10 nitrogen and oxygen atoms in total. The van der Waals surface area contributed by atoms with Gasteiger partial charge in [-0.05, 0) is 30.3 Å². The van der Waals surface area contributed by atoms with E-state index in [1.807, 2.05) is 0 Å². The monoisotopic (exact) mass is 403 g/mol. The summed E-state index contributed by atoms with van der Waals surface area (Å²) in [6.07, 6.45) is 4.82. The van der Waals surface area contributed by atoms with E-state index in [0.717, 1.165) is 0 Å². The summed E-state index contributed by atoms with van der Waals surface area (Å²) in [5.74, 6) is -0.558. The average Bonchev–Trinajstić information content (AvgIpc) is 3.21. The van der Waals surface area contributed by atoms with Crippen LogP contribution in [-0.2, 0) is 21.3 Å². The Balaban J connectivity index is 1.81. The van der Waals surface area contributed by atoms with Gasteiger partial charge >= 0.3 is 5.97 Å². The smallest absolute Gasteiger partial charge is 0.337 e. The van der Waals surface area contributed by atoms with Crippen molar-refractivity contribution in [3.63, 3.8) is 0 Å². The zero-order valence-electron chi connectivity index (χ0n) is 15.1. The Morgan fingerprint density at radius 2 is 2.07 bits per heavy atom. The number of carbonyl (C=O) groups is 1. The number of methoxy groups -OCH3 is 2. The normalized spacial score (nSPS) is 11.2. The number of ether oxygens (including phenoxy) is 2. The molecule has 0 aliphatic rings. The molecule has 3 aromatic rings. The van der Waals surface area contributed by atoms with E-state index >= 15 is 0 Å². The van der Waals surface area contributed by atoms with E-state index in [0.29, 0.717) is 11.4 Å². The number of nitrogens with one attached hydrogen (secondary N) is 1. The van der Waals surface area contributed by atoms with E-state index in [1.165, 1.54) is 37.1 Å². The first-order chi connectivity index (χ1) is 13.4. The summed E-state index contributed by atoms with van der Waals surface area (Å²) in [7, 11) is -1.44. The highest BCUT2D eigenvalue weighted by atomic mass is 32.2. The molecule has 2 aromatic heterocycles. The van der Waals surface area contributed by atoms with Gasteiger partial charge in [-0.15, -0.1) is 5.10 Å². The molecule has 0 amide bonds. The lowest BCUT2D eigenvalue weighted by molar-refractivity contribution is 0.0600. The van der Waals surface area contributed by atoms with Crippen LogP contribution >= 0.6 is 0 Å². The topological polar surface area (TPSA) is 125 Å². The van der Waals surface area contributed by atoms with E-state index in [2.05, 4.69) is 24.8 Å². The highest BCUT2D eigenvalue weighted by molar-refractivity contribution is 7.89. The van der Waals surface area contributed by atoms with Crippen LogP contribution in [0.2, 0.25) is 0 Å². The maximum Gasteiger partial charge on any atom is 0.337 e. The van der Waals surface area contributed by atoms with Crippen molar-refractivity contribution in [3.8, 4) is 11.4 Å². The van der Waals surface area contributed by atoms with Crippen LogP contribution in [0.5, 0.6) is 5.75 Å². The van der Waals surface area contributed by atoms with Crippen molar-refractivity contribution < 1.29 is 22.7 Å². The number of pyridine rings is 1. The molecule has 0 saturated carbocycles. The molecule has 0 unspecified atom stereocenters. The third-order valence-corrected chi connectivity index (χ3v) is 5.19. The standard InChI is InChI=1S/C17H17N5O5S/c1-26-15-6-5-12(17(23)27-2)8-16(15)28(24,25)19-9-13-11-22(21-20-13)14-4-3-7-18-10-14/h3-8,10-11,19H,9H2,1-2H3. The van der Waals surface area contributed by atoms with Crippen LogP contribution in [0.15, 0.2) is 53.8 Å². The molecule has 0 atom stereocenters. The summed E-state index contributed by atoms with van der Waals surface area (Å²) in [6.45, 7) is -0.103. The van der Waals surface area contributed by atoms with Crippen LogP contribution < -0.4 is 9.46 Å². The van der Waals surface area contributed by atoms with Gasteiger partial charge in [0.05, 0.1) is 50.1 Å². The Morgan fingerprint density at radius 1 is 1.25 bits per heavy atom. The van der Waals surface area contributed by atoms with E-state index in [-0.39, 0.29) is 22.8 Å². The van der Waals surface area contributed by atoms with Crippen molar-refractivity contribution in [2.45, 2.75) is 11.4 Å². The summed E-state index contributed by atoms with van der Waals surface area (Å²) in [6, 6.07) is 7.54. The third kappa shape index (κ3) is 4.15. The van der Waals surface area contributed by atoms with Gasteiger partial charge in [0.1, 0.15) is 10.6 Å². The van der Waals surface area contributed by atoms with Gasteiger partial charge in [-0.25, -0.2) is 22.6 Å². The van der Waals surface area contributed by atoms with Gasteiger partial charge in [0.2, 0.25) is 10.0 Å². The van der Waals surface area contributed by atoms with Gasteiger partial charge < -0.3 is 9.47 Å². The number of sulfonamides is 1. The number of benzene rings is 1. The van der Waals surface area contributed by atoms with Gasteiger partial charge in [-0.1, -0.05) is 5.21 Å². The molecular weight excluding hydrogens is 386 g/mol. The lowest BCUT2D eigenvalue weighted by Crippen LogP contribution is -2.24. The minimum Gasteiger partial charge on any atom is -0.495 e. The van der Waals surface area contributed by atoms with Crippen molar-refractivity contribution >= 4 is 16.0 Å². The number of carbonyl (C=O) groups excluding carboxylic acids is 1. The van der Waals surface area contributed by atoms with Crippen LogP contribution in [0.3, 0.4) is 0 Å². The first-order valence-electron chi connectivity index (χ1n) is 8.02. The fourth-order valence-corrected chi connectivity index (χ4v) is 3.56. The summed E-state index contributed by atoms with van der Waals surface area (Å²) in [4.78, 5) is 15.5. The minimum atomic E-state index is -3.99. The molecule has 0 aliphatic heterocycles. The molecule has 3 rings (SSSR count). The fraction of sp³-hybridized carbons (Fsp3) is 0.176. The molecule has 1 N–H and O–H groups in total. The average molecular weight is 403 g/mol. The van der Waals surface area contributed by atoms with Gasteiger partial charge in [0, 0.05) is 6.20 Å². The molecule has 2 heterocycles. The van der Waals surface area contributed by atoms with Crippen LogP contribution in [0, 0.1) is 0 Å². The van der Waals surface area contributed by atoms with Crippen molar-refractivity contribution in [2.75, 3.05) is 14.2 Å². The predicted octanol–water partition coefficient (Wildman–Crippen LogP) is 0.936. The second kappa shape index (κ2) is 8.15. The second-order valence-corrected chi connectivity index (χ2v) is 7.28. The zero-order valence-corrected chi connectivity index (χ0v) is 15.9. The molecule has 11 heteroatoms. The lowest BCUT2D eigenvalue weighted by atomic mass is 10.2. The highest BCUT2D eigenvalue weighted by Gasteiger charge is 2.22. The number of rotatable bonds is 7. The second-order valence-electron chi connectivity index (χ2n) is 5.55. The SMILES string of the molecule is COC(=O)c1ccc(OC)c(S(=O)(=O)NCc2cn(-c3cccnc3)nn2)c1. The van der Waals surface area contributed by atoms with Crippen LogP contribution in [0.1, 0.15) is 16.1 Å². The Labute approximate surface area is 161 Å². The third-order valence-electron chi connectivity index (χ3n) is 3.77. The Bertz CT molecular complexity index is 1080. The number of esters is 1. The number of hydrogen-bond donors (Lipinski definition) is 1. The molecule has 0 bridgehead atoms. The number of nitrogens with zero attached hydrogens (tertiary/aromatic N) is 4. The summed E-state index contributed by atoms with van der Waals surface area (Å²) >= 11 is 0. The lowest BCUT2D eigenvalue weighted by Gasteiger charge is -2.11. The van der Waals surface area contributed by atoms with Gasteiger partial charge in [-0.2, -0.15) is 0 Å². The summed E-state index contributed by atoms with van der Waals surface area (Å²) in [5, 5.41) is 7.89. The van der Waals surface area contributed by atoms with E-state index in [1.54, 1.807) is 30.7 Å². The first-order valence-corrected chi connectivity index (χ1v) is 9.50. The number of hydrogen-bond acceptors (Lipinski definition) is 8. The van der Waals surface area contributed by atoms with Crippen LogP contribution in [0.25, 0.3) is 5.69 Å². The van der Waals surface area contributed by atoms with Crippen LogP contribution in [-0.4, -0.2) is 48.6 Å². The van der Waals surface area contributed by atoms with Gasteiger partial charge in [0.15, 0.2) is 0 Å². The minimum absolute atomic E-state index is 0.0891. The number of aromatic nitrogens is 4. The molecule has 0 aliphatic carbocycles. The Hall–Kier alpha value is -3.31.